The van der Waals surface area contributed by atoms with E-state index in [1.165, 1.54) is 31.3 Å². The van der Waals surface area contributed by atoms with Crippen molar-refractivity contribution in [2.45, 2.75) is 58.4 Å². The zero-order valence-electron chi connectivity index (χ0n) is 14.5. The molecule has 0 aromatic rings. The lowest BCUT2D eigenvalue weighted by atomic mass is 9.97. The monoisotopic (exact) mass is 309 g/mol. The fraction of sp³-hybridized carbons (Fsp3) is 0.765. The van der Waals surface area contributed by atoms with Gasteiger partial charge in [0, 0.05) is 12.1 Å². The van der Waals surface area contributed by atoms with Gasteiger partial charge >= 0.3 is 0 Å². The molecule has 0 fully saturated rings. The zero-order valence-corrected chi connectivity index (χ0v) is 14.5. The van der Waals surface area contributed by atoms with Crippen molar-refractivity contribution in [2.24, 2.45) is 0 Å². The molecule has 0 saturated heterocycles. The molecule has 0 atom stereocenters. The van der Waals surface area contributed by atoms with Gasteiger partial charge in [-0.25, -0.2) is 0 Å². The molecule has 0 saturated carbocycles. The van der Waals surface area contributed by atoms with Gasteiger partial charge in [-0.3, -0.25) is 14.5 Å². The van der Waals surface area contributed by atoms with Crippen molar-refractivity contribution in [1.82, 2.24) is 15.5 Å². The van der Waals surface area contributed by atoms with Crippen molar-refractivity contribution < 1.29 is 9.59 Å². The lowest BCUT2D eigenvalue weighted by Crippen LogP contribution is -2.46. The first kappa shape index (κ1) is 18.7. The predicted octanol–water partition coefficient (Wildman–Crippen LogP) is 1.84. The number of rotatable bonds is 7. The lowest BCUT2D eigenvalue weighted by Gasteiger charge is -2.23. The van der Waals surface area contributed by atoms with Crippen LogP contribution in [-0.4, -0.2) is 48.9 Å². The first-order valence-electron chi connectivity index (χ1n) is 8.20. The number of carbonyl (C=O) groups is 2. The molecule has 2 amide bonds. The van der Waals surface area contributed by atoms with Crippen LogP contribution in [0.25, 0.3) is 0 Å². The molecule has 5 nitrogen and oxygen atoms in total. The average Bonchev–Trinajstić information content (AvgIpc) is 2.37. The summed E-state index contributed by atoms with van der Waals surface area (Å²) in [5.74, 6) is -0.0855. The van der Waals surface area contributed by atoms with Crippen LogP contribution in [0, 0.1) is 0 Å². The second kappa shape index (κ2) is 8.93. The number of hydrogen-bond acceptors (Lipinski definition) is 3. The molecule has 0 heterocycles. The third kappa shape index (κ3) is 8.82. The van der Waals surface area contributed by atoms with Crippen LogP contribution in [0.3, 0.4) is 0 Å². The minimum Gasteiger partial charge on any atom is -0.355 e. The van der Waals surface area contributed by atoms with Gasteiger partial charge in [0.2, 0.25) is 11.8 Å². The number of hydrogen-bond donors (Lipinski definition) is 2. The van der Waals surface area contributed by atoms with Crippen LogP contribution in [0.15, 0.2) is 11.6 Å². The van der Waals surface area contributed by atoms with Gasteiger partial charge in [-0.05, 0) is 59.9 Å². The second-order valence-electron chi connectivity index (χ2n) is 7.18. The highest BCUT2D eigenvalue weighted by atomic mass is 16.2. The van der Waals surface area contributed by atoms with Crippen LogP contribution in [0.4, 0.5) is 0 Å². The quantitative estimate of drug-likeness (QED) is 0.706. The van der Waals surface area contributed by atoms with Gasteiger partial charge in [0.25, 0.3) is 0 Å². The van der Waals surface area contributed by atoms with Crippen molar-refractivity contribution in [2.75, 3.05) is 26.7 Å². The van der Waals surface area contributed by atoms with E-state index in [9.17, 15) is 9.59 Å². The molecule has 1 rings (SSSR count). The highest BCUT2D eigenvalue weighted by molar-refractivity contribution is 5.81. The minimum absolute atomic E-state index is 0.0255. The second-order valence-corrected chi connectivity index (χ2v) is 7.18. The van der Waals surface area contributed by atoms with E-state index < -0.39 is 0 Å². The fourth-order valence-electron chi connectivity index (χ4n) is 2.55. The molecule has 0 unspecified atom stereocenters. The van der Waals surface area contributed by atoms with E-state index in [-0.39, 0.29) is 30.4 Å². The largest absolute Gasteiger partial charge is 0.355 e. The molecular weight excluding hydrogens is 278 g/mol. The van der Waals surface area contributed by atoms with Gasteiger partial charge in [0.05, 0.1) is 13.1 Å². The van der Waals surface area contributed by atoms with Gasteiger partial charge in [0.1, 0.15) is 0 Å². The number of carbonyl (C=O) groups excluding carboxylic acids is 2. The summed E-state index contributed by atoms with van der Waals surface area (Å²) in [6.45, 7) is 6.99. The van der Waals surface area contributed by atoms with Crippen LogP contribution >= 0.6 is 0 Å². The summed E-state index contributed by atoms with van der Waals surface area (Å²) < 4.78 is 0. The van der Waals surface area contributed by atoms with E-state index >= 15 is 0 Å². The van der Waals surface area contributed by atoms with Gasteiger partial charge in [-0.15, -0.1) is 0 Å². The normalized spacial score (nSPS) is 15.4. The Morgan fingerprint density at radius 3 is 2.45 bits per heavy atom. The molecule has 0 aromatic carbocycles. The molecule has 0 bridgehead atoms. The summed E-state index contributed by atoms with van der Waals surface area (Å²) in [5, 5.41) is 5.82. The lowest BCUT2D eigenvalue weighted by molar-refractivity contribution is -0.125. The van der Waals surface area contributed by atoms with Crippen LogP contribution in [0.5, 0.6) is 0 Å². The molecule has 126 valence electrons. The Balaban J connectivity index is 2.18. The molecule has 1 aliphatic carbocycles. The predicted molar refractivity (Wildman–Crippen MR) is 89.6 cm³/mol. The summed E-state index contributed by atoms with van der Waals surface area (Å²) in [5.41, 5.74) is 1.22. The maximum atomic E-state index is 11.9. The van der Waals surface area contributed by atoms with E-state index in [0.29, 0.717) is 6.54 Å². The Morgan fingerprint density at radius 1 is 1.18 bits per heavy atom. The molecule has 5 heteroatoms. The molecule has 1 aliphatic rings. The van der Waals surface area contributed by atoms with Crippen molar-refractivity contribution in [3.63, 3.8) is 0 Å². The molecule has 22 heavy (non-hydrogen) atoms. The maximum absolute atomic E-state index is 11.9. The molecule has 0 aliphatic heterocycles. The van der Waals surface area contributed by atoms with Crippen molar-refractivity contribution in [1.29, 1.82) is 0 Å². The Hall–Kier alpha value is -1.36. The molecule has 2 N–H and O–H groups in total. The summed E-state index contributed by atoms with van der Waals surface area (Å²) in [6.07, 6.45) is 8.15. The third-order valence-electron chi connectivity index (χ3n) is 3.49. The van der Waals surface area contributed by atoms with E-state index in [0.717, 1.165) is 6.42 Å². The van der Waals surface area contributed by atoms with Gasteiger partial charge in [-0.2, -0.15) is 0 Å². The number of nitrogens with zero attached hydrogens (tertiary/aromatic N) is 1. The zero-order chi connectivity index (χ0) is 16.6. The summed E-state index contributed by atoms with van der Waals surface area (Å²) in [6, 6.07) is 0. The van der Waals surface area contributed by atoms with E-state index in [4.69, 9.17) is 0 Å². The van der Waals surface area contributed by atoms with Crippen LogP contribution < -0.4 is 10.6 Å². The standard InChI is InChI=1S/C17H31N3O2/c1-17(2,3)19-16(22)13-20(4)12-15(21)18-11-10-14-8-6-5-7-9-14/h8H,5-7,9-13H2,1-4H3,(H,18,21)(H,19,22). The Morgan fingerprint density at radius 2 is 1.86 bits per heavy atom. The first-order valence-corrected chi connectivity index (χ1v) is 8.20. The van der Waals surface area contributed by atoms with Crippen molar-refractivity contribution >= 4 is 11.8 Å². The van der Waals surface area contributed by atoms with Gasteiger partial charge in [0.15, 0.2) is 0 Å². The number of amides is 2. The summed E-state index contributed by atoms with van der Waals surface area (Å²) in [4.78, 5) is 25.4. The Labute approximate surface area is 134 Å². The van der Waals surface area contributed by atoms with Crippen molar-refractivity contribution in [3.05, 3.63) is 11.6 Å². The number of nitrogens with one attached hydrogen (secondary N) is 2. The summed E-state index contributed by atoms with van der Waals surface area (Å²) in [7, 11) is 1.78. The third-order valence-corrected chi connectivity index (χ3v) is 3.49. The fourth-order valence-corrected chi connectivity index (χ4v) is 2.55. The van der Waals surface area contributed by atoms with Crippen LogP contribution in [0.1, 0.15) is 52.9 Å². The highest BCUT2D eigenvalue weighted by Gasteiger charge is 2.16. The van der Waals surface area contributed by atoms with Crippen LogP contribution in [-0.2, 0) is 9.59 Å². The van der Waals surface area contributed by atoms with Crippen molar-refractivity contribution in [3.8, 4) is 0 Å². The maximum Gasteiger partial charge on any atom is 0.234 e. The number of likely N-dealkylation sites (N-methyl/N-ethyl adjacent to an activating group) is 1. The van der Waals surface area contributed by atoms with Gasteiger partial charge in [-0.1, -0.05) is 11.6 Å². The average molecular weight is 309 g/mol. The first-order chi connectivity index (χ1) is 10.3. The van der Waals surface area contributed by atoms with E-state index in [1.807, 2.05) is 20.8 Å². The molecule has 0 aromatic heterocycles. The SMILES string of the molecule is CN(CC(=O)NCCC1=CCCCC1)CC(=O)NC(C)(C)C. The number of allylic oxidation sites excluding steroid dienone is 1. The van der Waals surface area contributed by atoms with E-state index in [1.54, 1.807) is 11.9 Å². The van der Waals surface area contributed by atoms with Gasteiger partial charge < -0.3 is 10.6 Å². The Kier molecular flexibility index (Phi) is 7.59. The summed E-state index contributed by atoms with van der Waals surface area (Å²) >= 11 is 0. The molecular formula is C17H31N3O2. The topological polar surface area (TPSA) is 61.4 Å². The Bertz CT molecular complexity index is 411. The molecule has 0 radical (unpaired) electrons. The smallest absolute Gasteiger partial charge is 0.234 e. The molecule has 0 spiro atoms. The highest BCUT2D eigenvalue weighted by Crippen LogP contribution is 2.19. The van der Waals surface area contributed by atoms with E-state index in [2.05, 4.69) is 16.7 Å². The van der Waals surface area contributed by atoms with Crippen LogP contribution in [0.2, 0.25) is 0 Å². The minimum atomic E-state index is -0.242.